The van der Waals surface area contributed by atoms with Crippen LogP contribution in [0.3, 0.4) is 0 Å². The summed E-state index contributed by atoms with van der Waals surface area (Å²) in [6, 6.07) is 3.34. The van der Waals surface area contributed by atoms with E-state index in [4.69, 9.17) is 9.47 Å². The van der Waals surface area contributed by atoms with Crippen molar-refractivity contribution in [1.29, 1.82) is 0 Å². The van der Waals surface area contributed by atoms with Crippen LogP contribution in [0.5, 0.6) is 11.5 Å². The molecular formula is C12H11N5O3. The molecule has 0 aliphatic rings. The van der Waals surface area contributed by atoms with E-state index in [2.05, 4.69) is 25.6 Å². The van der Waals surface area contributed by atoms with Gasteiger partial charge in [-0.15, -0.1) is 10.2 Å². The van der Waals surface area contributed by atoms with Crippen LogP contribution in [0, 0.1) is 0 Å². The van der Waals surface area contributed by atoms with Crippen LogP contribution in [0.4, 0.5) is 0 Å². The zero-order valence-corrected chi connectivity index (χ0v) is 10.8. The SMILES string of the molecule is COc1cc(OC)c2[nH]cc(-c3nn[nH]n3)c(=O)c2c1. The summed E-state index contributed by atoms with van der Waals surface area (Å²) >= 11 is 0. The van der Waals surface area contributed by atoms with E-state index in [-0.39, 0.29) is 11.3 Å². The van der Waals surface area contributed by atoms with Crippen LogP contribution in [0.2, 0.25) is 0 Å². The highest BCUT2D eigenvalue weighted by molar-refractivity contribution is 5.88. The van der Waals surface area contributed by atoms with Crippen molar-refractivity contribution in [3.05, 3.63) is 28.6 Å². The molecule has 0 amide bonds. The van der Waals surface area contributed by atoms with E-state index in [1.54, 1.807) is 12.1 Å². The van der Waals surface area contributed by atoms with Crippen LogP contribution in [0.25, 0.3) is 22.3 Å². The molecule has 20 heavy (non-hydrogen) atoms. The quantitative estimate of drug-likeness (QED) is 0.728. The minimum atomic E-state index is -0.225. The van der Waals surface area contributed by atoms with Crippen LogP contribution < -0.4 is 14.9 Å². The van der Waals surface area contributed by atoms with Crippen LogP contribution in [0.1, 0.15) is 0 Å². The number of benzene rings is 1. The number of tetrazole rings is 1. The molecule has 0 aliphatic heterocycles. The van der Waals surface area contributed by atoms with Crippen molar-refractivity contribution in [1.82, 2.24) is 25.6 Å². The molecule has 0 fully saturated rings. The minimum absolute atomic E-state index is 0.225. The van der Waals surface area contributed by atoms with E-state index >= 15 is 0 Å². The van der Waals surface area contributed by atoms with Crippen molar-refractivity contribution in [3.63, 3.8) is 0 Å². The summed E-state index contributed by atoms with van der Waals surface area (Å²) in [5, 5.41) is 13.8. The van der Waals surface area contributed by atoms with Crippen LogP contribution in [-0.2, 0) is 0 Å². The number of fused-ring (bicyclic) bond motifs is 1. The van der Waals surface area contributed by atoms with Crippen molar-refractivity contribution in [2.45, 2.75) is 0 Å². The van der Waals surface area contributed by atoms with Crippen LogP contribution in [-0.4, -0.2) is 39.8 Å². The van der Waals surface area contributed by atoms with Gasteiger partial charge in [0.15, 0.2) is 0 Å². The number of aromatic nitrogens is 5. The lowest BCUT2D eigenvalue weighted by molar-refractivity contribution is 0.397. The highest BCUT2D eigenvalue weighted by Gasteiger charge is 2.14. The number of rotatable bonds is 3. The van der Waals surface area contributed by atoms with Gasteiger partial charge in [-0.25, -0.2) is 0 Å². The lowest BCUT2D eigenvalue weighted by Gasteiger charge is -2.08. The molecule has 3 aromatic rings. The standard InChI is InChI=1S/C12H11N5O3/c1-19-6-3-7-10(9(4-6)20-2)13-5-8(11(7)18)12-14-16-17-15-12/h3-5H,1-2H3,(H,13,18)(H,14,15,16,17). The van der Waals surface area contributed by atoms with Crippen molar-refractivity contribution in [2.24, 2.45) is 0 Å². The van der Waals surface area contributed by atoms with Crippen molar-refractivity contribution >= 4 is 10.9 Å². The fourth-order valence-corrected chi connectivity index (χ4v) is 1.99. The average molecular weight is 273 g/mol. The molecule has 0 saturated heterocycles. The first-order valence-corrected chi connectivity index (χ1v) is 5.76. The Bertz CT molecular complexity index is 810. The van der Waals surface area contributed by atoms with Gasteiger partial charge in [0.05, 0.1) is 30.7 Å². The summed E-state index contributed by atoms with van der Waals surface area (Å²) in [5.41, 5.74) is 0.685. The van der Waals surface area contributed by atoms with Gasteiger partial charge in [0.25, 0.3) is 0 Å². The summed E-state index contributed by atoms with van der Waals surface area (Å²) in [4.78, 5) is 15.5. The van der Waals surface area contributed by atoms with Gasteiger partial charge in [-0.2, -0.15) is 5.21 Å². The zero-order chi connectivity index (χ0) is 14.1. The number of nitrogens with one attached hydrogen (secondary N) is 2. The van der Waals surface area contributed by atoms with Gasteiger partial charge in [-0.05, 0) is 11.3 Å². The van der Waals surface area contributed by atoms with E-state index in [0.717, 1.165) is 0 Å². The molecule has 0 saturated carbocycles. The number of ether oxygens (including phenoxy) is 2. The Labute approximate surface area is 112 Å². The number of pyridine rings is 1. The Kier molecular flexibility index (Phi) is 2.82. The molecule has 0 atom stereocenters. The Hall–Kier alpha value is -2.90. The highest BCUT2D eigenvalue weighted by Crippen LogP contribution is 2.28. The maximum absolute atomic E-state index is 12.5. The maximum Gasteiger partial charge on any atom is 0.210 e. The summed E-state index contributed by atoms with van der Waals surface area (Å²) in [7, 11) is 3.05. The Morgan fingerprint density at radius 2 is 2.05 bits per heavy atom. The lowest BCUT2D eigenvalue weighted by Crippen LogP contribution is -2.08. The lowest BCUT2D eigenvalue weighted by atomic mass is 10.1. The Morgan fingerprint density at radius 3 is 2.70 bits per heavy atom. The number of methoxy groups -OCH3 is 2. The smallest absolute Gasteiger partial charge is 0.210 e. The monoisotopic (exact) mass is 273 g/mol. The Morgan fingerprint density at radius 1 is 1.20 bits per heavy atom. The topological polar surface area (TPSA) is 106 Å². The summed E-state index contributed by atoms with van der Waals surface area (Å²) in [6.45, 7) is 0. The van der Waals surface area contributed by atoms with Crippen LogP contribution >= 0.6 is 0 Å². The van der Waals surface area contributed by atoms with Gasteiger partial charge in [-0.1, -0.05) is 0 Å². The molecule has 1 aromatic carbocycles. The van der Waals surface area contributed by atoms with Crippen LogP contribution in [0.15, 0.2) is 23.1 Å². The zero-order valence-electron chi connectivity index (χ0n) is 10.8. The average Bonchev–Trinajstić information content (AvgIpc) is 3.00. The first-order valence-electron chi connectivity index (χ1n) is 5.76. The van der Waals surface area contributed by atoms with E-state index in [1.165, 1.54) is 20.4 Å². The van der Waals surface area contributed by atoms with Gasteiger partial charge < -0.3 is 14.5 Å². The second-order valence-corrected chi connectivity index (χ2v) is 4.02. The minimum Gasteiger partial charge on any atom is -0.497 e. The molecule has 3 rings (SSSR count). The maximum atomic E-state index is 12.5. The van der Waals surface area contributed by atoms with Gasteiger partial charge in [0.2, 0.25) is 11.3 Å². The number of hydrogen-bond acceptors (Lipinski definition) is 6. The van der Waals surface area contributed by atoms with E-state index in [0.29, 0.717) is 28.0 Å². The largest absolute Gasteiger partial charge is 0.497 e. The molecule has 8 nitrogen and oxygen atoms in total. The molecule has 0 radical (unpaired) electrons. The third kappa shape index (κ3) is 1.78. The molecular weight excluding hydrogens is 262 g/mol. The summed E-state index contributed by atoms with van der Waals surface area (Å²) < 4.78 is 10.4. The van der Waals surface area contributed by atoms with E-state index in [9.17, 15) is 4.79 Å². The molecule has 2 heterocycles. The fourth-order valence-electron chi connectivity index (χ4n) is 1.99. The number of aromatic amines is 2. The van der Waals surface area contributed by atoms with Gasteiger partial charge >= 0.3 is 0 Å². The first-order chi connectivity index (χ1) is 9.74. The van der Waals surface area contributed by atoms with Gasteiger partial charge in [0, 0.05) is 12.3 Å². The molecule has 2 N–H and O–H groups in total. The fraction of sp³-hybridized carbons (Fsp3) is 0.167. The third-order valence-electron chi connectivity index (χ3n) is 2.97. The predicted molar refractivity (Wildman–Crippen MR) is 70.8 cm³/mol. The van der Waals surface area contributed by atoms with Crippen molar-refractivity contribution in [3.8, 4) is 22.9 Å². The summed E-state index contributed by atoms with van der Waals surface area (Å²) in [6.07, 6.45) is 1.53. The normalized spacial score (nSPS) is 10.7. The second-order valence-electron chi connectivity index (χ2n) is 4.02. The van der Waals surface area contributed by atoms with Gasteiger partial charge in [0.1, 0.15) is 11.5 Å². The molecule has 0 bridgehead atoms. The molecule has 8 heteroatoms. The third-order valence-corrected chi connectivity index (χ3v) is 2.97. The Balaban J connectivity index is 2.35. The first kappa shape index (κ1) is 12.2. The molecule has 0 unspecified atom stereocenters. The number of hydrogen-bond donors (Lipinski definition) is 2. The van der Waals surface area contributed by atoms with Gasteiger partial charge in [-0.3, -0.25) is 4.79 Å². The molecule has 102 valence electrons. The van der Waals surface area contributed by atoms with E-state index < -0.39 is 0 Å². The molecule has 0 spiro atoms. The second kappa shape index (κ2) is 4.65. The number of H-pyrrole nitrogens is 2. The number of nitrogens with zero attached hydrogens (tertiary/aromatic N) is 3. The van der Waals surface area contributed by atoms with E-state index in [1.807, 2.05) is 0 Å². The van der Waals surface area contributed by atoms with Crippen molar-refractivity contribution < 1.29 is 9.47 Å². The predicted octanol–water partition coefficient (Wildman–Crippen LogP) is 0.725. The van der Waals surface area contributed by atoms with Crippen molar-refractivity contribution in [2.75, 3.05) is 14.2 Å². The summed E-state index contributed by atoms with van der Waals surface area (Å²) in [5.74, 6) is 1.29. The molecule has 0 aliphatic carbocycles. The highest BCUT2D eigenvalue weighted by atomic mass is 16.5. The molecule has 2 aromatic heterocycles.